The summed E-state index contributed by atoms with van der Waals surface area (Å²) in [5.41, 5.74) is 5.24. The Kier molecular flexibility index (Phi) is 5.86. The molecule has 35 heavy (non-hydrogen) atoms. The van der Waals surface area contributed by atoms with Gasteiger partial charge in [0.1, 0.15) is 23.1 Å². The Bertz CT molecular complexity index is 1390. The summed E-state index contributed by atoms with van der Waals surface area (Å²) in [7, 11) is 0. The second-order valence-electron chi connectivity index (χ2n) is 8.06. The van der Waals surface area contributed by atoms with Gasteiger partial charge in [-0.2, -0.15) is 5.26 Å². The molecule has 0 bridgehead atoms. The Morgan fingerprint density at radius 1 is 1.20 bits per heavy atom. The molecule has 5 rings (SSSR count). The van der Waals surface area contributed by atoms with Gasteiger partial charge in [0.15, 0.2) is 22.5 Å². The van der Waals surface area contributed by atoms with E-state index in [9.17, 15) is 14.0 Å². The van der Waals surface area contributed by atoms with Crippen LogP contribution in [-0.2, 0) is 5.54 Å². The SMILES string of the molecule is N#Cc1nccnc1/C(F)=C/c1ccc(F)c([C@]23CN(c4ncc(F)cn4)C[C@H]2CSC(N)=N3)c1. The third kappa shape index (κ3) is 4.19. The number of fused-ring (bicyclic) bond motifs is 1. The molecule has 4 heterocycles. The molecule has 1 fully saturated rings. The van der Waals surface area contributed by atoms with E-state index in [1.54, 1.807) is 6.07 Å². The first kappa shape index (κ1) is 22.8. The molecule has 1 saturated heterocycles. The van der Waals surface area contributed by atoms with Crippen molar-refractivity contribution in [1.29, 1.82) is 5.26 Å². The Hall–Kier alpha value is -3.98. The van der Waals surface area contributed by atoms with Gasteiger partial charge in [0.05, 0.1) is 18.9 Å². The third-order valence-corrected chi connectivity index (χ3v) is 6.92. The average molecular weight is 495 g/mol. The van der Waals surface area contributed by atoms with Gasteiger partial charge in [0.2, 0.25) is 5.95 Å². The van der Waals surface area contributed by atoms with Gasteiger partial charge in [-0.25, -0.2) is 38.1 Å². The van der Waals surface area contributed by atoms with Crippen LogP contribution < -0.4 is 10.6 Å². The zero-order chi connectivity index (χ0) is 24.6. The number of nitriles is 1. The Labute approximate surface area is 202 Å². The van der Waals surface area contributed by atoms with Crippen LogP contribution in [0.4, 0.5) is 19.1 Å². The zero-order valence-electron chi connectivity index (χ0n) is 18.1. The summed E-state index contributed by atoms with van der Waals surface area (Å²) in [6.07, 6.45) is 5.88. The van der Waals surface area contributed by atoms with E-state index >= 15 is 4.39 Å². The summed E-state index contributed by atoms with van der Waals surface area (Å²) in [5.74, 6) is -1.14. The van der Waals surface area contributed by atoms with Gasteiger partial charge in [-0.3, -0.25) is 0 Å². The number of nitrogens with two attached hydrogens (primary N) is 1. The summed E-state index contributed by atoms with van der Waals surface area (Å²) in [6, 6.07) is 5.99. The molecule has 2 aliphatic rings. The highest BCUT2D eigenvalue weighted by Crippen LogP contribution is 2.47. The lowest BCUT2D eigenvalue weighted by Crippen LogP contribution is -2.40. The smallest absolute Gasteiger partial charge is 0.225 e. The van der Waals surface area contributed by atoms with E-state index < -0.39 is 23.0 Å². The van der Waals surface area contributed by atoms with Gasteiger partial charge in [0.25, 0.3) is 0 Å². The molecule has 0 amide bonds. The first-order valence-corrected chi connectivity index (χ1v) is 11.5. The summed E-state index contributed by atoms with van der Waals surface area (Å²) >= 11 is 1.37. The predicted molar refractivity (Wildman–Crippen MR) is 126 cm³/mol. The minimum absolute atomic E-state index is 0.155. The molecular weight excluding hydrogens is 477 g/mol. The van der Waals surface area contributed by atoms with Gasteiger partial charge in [-0.05, 0) is 23.8 Å². The van der Waals surface area contributed by atoms with Crippen molar-refractivity contribution in [2.45, 2.75) is 5.54 Å². The van der Waals surface area contributed by atoms with E-state index in [1.165, 1.54) is 48.4 Å². The summed E-state index contributed by atoms with van der Waals surface area (Å²) in [5, 5.41) is 9.50. The van der Waals surface area contributed by atoms with E-state index in [-0.39, 0.29) is 29.4 Å². The zero-order valence-corrected chi connectivity index (χ0v) is 18.9. The number of aliphatic imine (C=N–C) groups is 1. The number of aromatic nitrogens is 4. The summed E-state index contributed by atoms with van der Waals surface area (Å²) < 4.78 is 43.6. The first-order valence-electron chi connectivity index (χ1n) is 10.5. The number of rotatable bonds is 4. The van der Waals surface area contributed by atoms with Crippen LogP contribution in [0.15, 0.2) is 48.0 Å². The number of benzene rings is 1. The Morgan fingerprint density at radius 3 is 2.74 bits per heavy atom. The standard InChI is InChI=1S/C23H17F3N8S/c24-15-8-31-22(32-9-15)34-10-14-11-35-21(28)33-23(14,12-34)16-5-13(1-2-17(16)25)6-18(26)20-19(7-27)29-3-4-30-20/h1-6,8-9,14H,10-12H2,(H2,28,33)/b18-6-/t14-,23-/m0/s1. The average Bonchev–Trinajstić information content (AvgIpc) is 3.25. The van der Waals surface area contributed by atoms with E-state index in [1.807, 2.05) is 4.90 Å². The molecule has 176 valence electrons. The minimum Gasteiger partial charge on any atom is -0.379 e. The third-order valence-electron chi connectivity index (χ3n) is 5.96. The minimum atomic E-state index is -1.07. The highest BCUT2D eigenvalue weighted by molar-refractivity contribution is 8.13. The first-order chi connectivity index (χ1) is 16.9. The molecule has 2 aliphatic heterocycles. The van der Waals surface area contributed by atoms with Crippen LogP contribution in [0.1, 0.15) is 22.5 Å². The van der Waals surface area contributed by atoms with Crippen molar-refractivity contribution in [3.63, 3.8) is 0 Å². The van der Waals surface area contributed by atoms with Crippen LogP contribution in [0.2, 0.25) is 0 Å². The maximum absolute atomic E-state index is 15.3. The van der Waals surface area contributed by atoms with Crippen molar-refractivity contribution in [2.24, 2.45) is 16.6 Å². The lowest BCUT2D eigenvalue weighted by molar-refractivity contribution is 0.370. The predicted octanol–water partition coefficient (Wildman–Crippen LogP) is 3.28. The summed E-state index contributed by atoms with van der Waals surface area (Å²) in [6.45, 7) is 0.661. The quantitative estimate of drug-likeness (QED) is 0.587. The van der Waals surface area contributed by atoms with Crippen molar-refractivity contribution >= 4 is 34.8 Å². The number of hydrogen-bond donors (Lipinski definition) is 1. The monoisotopic (exact) mass is 494 g/mol. The van der Waals surface area contributed by atoms with E-state index in [0.29, 0.717) is 29.0 Å². The molecule has 2 atom stereocenters. The second kappa shape index (κ2) is 8.99. The fourth-order valence-corrected chi connectivity index (χ4v) is 5.37. The van der Waals surface area contributed by atoms with Gasteiger partial charge in [0, 0.05) is 36.2 Å². The second-order valence-corrected chi connectivity index (χ2v) is 9.10. The molecule has 0 saturated carbocycles. The molecule has 2 N–H and O–H groups in total. The number of thioether (sulfide) groups is 1. The van der Waals surface area contributed by atoms with E-state index in [4.69, 9.17) is 5.73 Å². The number of hydrogen-bond acceptors (Lipinski definition) is 9. The van der Waals surface area contributed by atoms with Crippen molar-refractivity contribution in [2.75, 3.05) is 23.7 Å². The molecule has 0 spiro atoms. The van der Waals surface area contributed by atoms with Gasteiger partial charge < -0.3 is 10.6 Å². The summed E-state index contributed by atoms with van der Waals surface area (Å²) in [4.78, 5) is 22.3. The molecule has 0 unspecified atom stereocenters. The van der Waals surface area contributed by atoms with Crippen LogP contribution in [0.5, 0.6) is 0 Å². The van der Waals surface area contributed by atoms with Crippen LogP contribution in [-0.4, -0.2) is 43.9 Å². The van der Waals surface area contributed by atoms with Crippen molar-refractivity contribution in [1.82, 2.24) is 19.9 Å². The van der Waals surface area contributed by atoms with Crippen molar-refractivity contribution in [3.8, 4) is 6.07 Å². The van der Waals surface area contributed by atoms with E-state index in [2.05, 4.69) is 24.9 Å². The molecule has 0 radical (unpaired) electrons. The lowest BCUT2D eigenvalue weighted by atomic mass is 9.81. The fourth-order valence-electron chi connectivity index (χ4n) is 4.39. The normalized spacial score (nSPS) is 21.9. The number of nitrogens with zero attached hydrogens (tertiary/aromatic N) is 7. The number of anilines is 1. The van der Waals surface area contributed by atoms with Gasteiger partial charge in [-0.1, -0.05) is 17.8 Å². The van der Waals surface area contributed by atoms with Crippen molar-refractivity contribution in [3.05, 3.63) is 77.1 Å². The molecule has 1 aromatic carbocycles. The van der Waals surface area contributed by atoms with Crippen molar-refractivity contribution < 1.29 is 13.2 Å². The van der Waals surface area contributed by atoms with Gasteiger partial charge >= 0.3 is 0 Å². The van der Waals surface area contributed by atoms with Crippen LogP contribution in [0, 0.1) is 28.9 Å². The molecule has 0 aliphatic carbocycles. The lowest BCUT2D eigenvalue weighted by Gasteiger charge is -2.35. The number of amidine groups is 1. The van der Waals surface area contributed by atoms with Crippen LogP contribution in [0.25, 0.3) is 11.9 Å². The van der Waals surface area contributed by atoms with Crippen LogP contribution in [0.3, 0.4) is 0 Å². The molecular formula is C23H17F3N8S. The highest BCUT2D eigenvalue weighted by atomic mass is 32.2. The Morgan fingerprint density at radius 2 is 1.97 bits per heavy atom. The number of halogens is 3. The molecule has 2 aromatic heterocycles. The molecule has 3 aromatic rings. The topological polar surface area (TPSA) is 117 Å². The highest BCUT2D eigenvalue weighted by Gasteiger charge is 2.52. The largest absolute Gasteiger partial charge is 0.379 e. The van der Waals surface area contributed by atoms with Crippen LogP contribution >= 0.6 is 11.8 Å². The van der Waals surface area contributed by atoms with Gasteiger partial charge in [-0.15, -0.1) is 0 Å². The molecule has 8 nitrogen and oxygen atoms in total. The maximum atomic E-state index is 15.3. The maximum Gasteiger partial charge on any atom is 0.225 e. The fraction of sp³-hybridized carbons (Fsp3) is 0.217. The Balaban J connectivity index is 1.57. The van der Waals surface area contributed by atoms with E-state index in [0.717, 1.165) is 12.4 Å². The molecule has 12 heteroatoms.